The number of hydrogen-bond donors (Lipinski definition) is 0. The van der Waals surface area contributed by atoms with E-state index in [-0.39, 0.29) is 5.52 Å². The molecule has 2 rings (SSSR count). The van der Waals surface area contributed by atoms with Crippen LogP contribution >= 0.6 is 23.1 Å². The molecular formula is C17H17F3N2S2. The highest BCUT2D eigenvalue weighted by molar-refractivity contribution is 8.03. The average molecular weight is 370 g/mol. The van der Waals surface area contributed by atoms with E-state index in [1.807, 2.05) is 32.1 Å². The van der Waals surface area contributed by atoms with E-state index in [1.165, 1.54) is 11.3 Å². The molecule has 0 unspecified atom stereocenters. The summed E-state index contributed by atoms with van der Waals surface area (Å²) in [5, 5.41) is 0.592. The maximum absolute atomic E-state index is 12.8. The average Bonchev–Trinajstić information content (AvgIpc) is 2.95. The first-order chi connectivity index (χ1) is 11.4. The molecule has 128 valence electrons. The molecule has 0 atom stereocenters. The molecule has 0 aliphatic heterocycles. The number of allylic oxidation sites excluding steroid dienone is 4. The van der Waals surface area contributed by atoms with Gasteiger partial charge < -0.3 is 0 Å². The van der Waals surface area contributed by atoms with Crippen molar-refractivity contribution in [2.75, 3.05) is 5.75 Å². The minimum Gasteiger partial charge on any atom is -0.243 e. The van der Waals surface area contributed by atoms with Crippen molar-refractivity contribution in [2.45, 2.75) is 26.4 Å². The van der Waals surface area contributed by atoms with Gasteiger partial charge >= 0.3 is 6.18 Å². The topological polar surface area (TPSA) is 25.8 Å². The van der Waals surface area contributed by atoms with Crippen molar-refractivity contribution in [1.82, 2.24) is 9.97 Å². The fraction of sp³-hybridized carbons (Fsp3) is 0.294. The van der Waals surface area contributed by atoms with E-state index in [4.69, 9.17) is 0 Å². The molecule has 0 radical (unpaired) electrons. The van der Waals surface area contributed by atoms with Gasteiger partial charge in [0.15, 0.2) is 0 Å². The van der Waals surface area contributed by atoms with Crippen LogP contribution in [-0.4, -0.2) is 15.7 Å². The second-order valence-corrected chi connectivity index (χ2v) is 7.13. The van der Waals surface area contributed by atoms with Crippen LogP contribution in [-0.2, 0) is 6.18 Å². The van der Waals surface area contributed by atoms with Crippen LogP contribution in [0.15, 0.2) is 42.0 Å². The van der Waals surface area contributed by atoms with E-state index < -0.39 is 11.7 Å². The second-order valence-electron chi connectivity index (χ2n) is 4.84. The Bertz CT molecular complexity index is 789. The van der Waals surface area contributed by atoms with Crippen LogP contribution in [0.4, 0.5) is 13.2 Å². The third-order valence-electron chi connectivity index (χ3n) is 3.05. The highest BCUT2D eigenvalue weighted by Crippen LogP contribution is 2.36. The van der Waals surface area contributed by atoms with Crippen LogP contribution < -0.4 is 0 Å². The summed E-state index contributed by atoms with van der Waals surface area (Å²) in [4.78, 5) is 9.61. The van der Waals surface area contributed by atoms with Crippen LogP contribution in [0, 0.1) is 0 Å². The highest BCUT2D eigenvalue weighted by Gasteiger charge is 2.31. The van der Waals surface area contributed by atoms with Gasteiger partial charge in [0.1, 0.15) is 15.4 Å². The Hall–Kier alpha value is -1.60. The van der Waals surface area contributed by atoms with E-state index >= 15 is 0 Å². The third-order valence-corrected chi connectivity index (χ3v) is 5.07. The molecule has 0 saturated carbocycles. The van der Waals surface area contributed by atoms with Crippen molar-refractivity contribution in [3.63, 3.8) is 0 Å². The van der Waals surface area contributed by atoms with Crippen LogP contribution in [0.2, 0.25) is 0 Å². The molecule has 7 heteroatoms. The van der Waals surface area contributed by atoms with E-state index in [1.54, 1.807) is 11.8 Å². The van der Waals surface area contributed by atoms with Gasteiger partial charge in [-0.15, -0.1) is 11.8 Å². The first-order valence-electron chi connectivity index (χ1n) is 7.39. The van der Waals surface area contributed by atoms with Gasteiger partial charge in [0, 0.05) is 16.7 Å². The number of halogens is 3. The van der Waals surface area contributed by atoms with Crippen LogP contribution in [0.25, 0.3) is 15.9 Å². The van der Waals surface area contributed by atoms with Crippen LogP contribution in [0.1, 0.15) is 30.8 Å². The molecule has 0 N–H and O–H groups in total. The van der Waals surface area contributed by atoms with Crippen molar-refractivity contribution < 1.29 is 13.2 Å². The number of alkyl halides is 3. The predicted octanol–water partition coefficient (Wildman–Crippen LogP) is 6.33. The number of hydrogen-bond acceptors (Lipinski definition) is 4. The summed E-state index contributed by atoms with van der Waals surface area (Å²) in [5.74, 6) is 0.867. The number of pyridine rings is 1. The Labute approximate surface area is 147 Å². The fourth-order valence-corrected chi connectivity index (χ4v) is 3.59. The van der Waals surface area contributed by atoms with Gasteiger partial charge in [-0.1, -0.05) is 43.9 Å². The molecule has 0 aliphatic rings. The molecule has 2 aromatic rings. The lowest BCUT2D eigenvalue weighted by molar-refractivity contribution is -0.137. The predicted molar refractivity (Wildman–Crippen MR) is 97.1 cm³/mol. The molecule has 0 saturated heterocycles. The first kappa shape index (κ1) is 18.7. The summed E-state index contributed by atoms with van der Waals surface area (Å²) in [7, 11) is 0. The first-order valence-corrected chi connectivity index (χ1v) is 9.20. The maximum atomic E-state index is 12.8. The lowest BCUT2D eigenvalue weighted by Crippen LogP contribution is -2.04. The van der Waals surface area contributed by atoms with Crippen molar-refractivity contribution in [3.8, 4) is 0 Å². The normalized spacial score (nSPS) is 13.1. The lowest BCUT2D eigenvalue weighted by atomic mass is 10.2. The Morgan fingerprint density at radius 3 is 2.75 bits per heavy atom. The third kappa shape index (κ3) is 4.48. The number of nitrogens with zero attached hydrogens (tertiary/aromatic N) is 2. The van der Waals surface area contributed by atoms with Crippen molar-refractivity contribution in [2.24, 2.45) is 0 Å². The van der Waals surface area contributed by atoms with E-state index in [2.05, 4.69) is 16.5 Å². The molecule has 0 aromatic carbocycles. The van der Waals surface area contributed by atoms with Gasteiger partial charge in [-0.25, -0.2) is 9.97 Å². The number of rotatable bonds is 6. The van der Waals surface area contributed by atoms with Crippen molar-refractivity contribution in [1.29, 1.82) is 0 Å². The van der Waals surface area contributed by atoms with Gasteiger partial charge in [0.05, 0.1) is 5.56 Å². The second kappa shape index (κ2) is 7.98. The Morgan fingerprint density at radius 2 is 2.12 bits per heavy atom. The van der Waals surface area contributed by atoms with Crippen molar-refractivity contribution >= 4 is 39.0 Å². The number of aromatic nitrogens is 2. The number of thiazole rings is 1. The lowest BCUT2D eigenvalue weighted by Gasteiger charge is -2.05. The monoisotopic (exact) mass is 370 g/mol. The van der Waals surface area contributed by atoms with Gasteiger partial charge in [-0.2, -0.15) is 13.2 Å². The van der Waals surface area contributed by atoms with Gasteiger partial charge in [-0.3, -0.25) is 0 Å². The zero-order valence-corrected chi connectivity index (χ0v) is 15.0. The maximum Gasteiger partial charge on any atom is 0.417 e. The summed E-state index contributed by atoms with van der Waals surface area (Å²) in [6.45, 7) is 8.14. The number of fused-ring (bicyclic) bond motifs is 1. The van der Waals surface area contributed by atoms with Gasteiger partial charge in [-0.05, 0) is 24.3 Å². The summed E-state index contributed by atoms with van der Waals surface area (Å²) in [6, 6.07) is 1.03. The SMILES string of the molecule is C=C(/C(=C\C=C/CC)SCC)c1nc2cc(C(F)(F)F)cnc2s1. The molecule has 24 heavy (non-hydrogen) atoms. The highest BCUT2D eigenvalue weighted by atomic mass is 32.2. The summed E-state index contributed by atoms with van der Waals surface area (Å²) < 4.78 is 38.3. The summed E-state index contributed by atoms with van der Waals surface area (Å²) >= 11 is 2.87. The van der Waals surface area contributed by atoms with Gasteiger partial charge in [0.25, 0.3) is 0 Å². The van der Waals surface area contributed by atoms with E-state index in [0.717, 1.165) is 29.3 Å². The molecular weight excluding hydrogens is 353 g/mol. The fourth-order valence-electron chi connectivity index (χ4n) is 1.90. The molecule has 0 spiro atoms. The minimum atomic E-state index is -4.42. The summed E-state index contributed by atoms with van der Waals surface area (Å²) in [6.07, 6.45) is 3.29. The van der Waals surface area contributed by atoms with E-state index in [0.29, 0.717) is 15.4 Å². The quantitative estimate of drug-likeness (QED) is 0.556. The molecule has 2 heterocycles. The van der Waals surface area contributed by atoms with Crippen LogP contribution in [0.5, 0.6) is 0 Å². The van der Waals surface area contributed by atoms with Gasteiger partial charge in [0.2, 0.25) is 0 Å². The molecule has 2 aromatic heterocycles. The smallest absolute Gasteiger partial charge is 0.243 e. The zero-order valence-electron chi connectivity index (χ0n) is 13.4. The molecule has 2 nitrogen and oxygen atoms in total. The molecule has 0 fully saturated rings. The molecule has 0 bridgehead atoms. The molecule has 0 aliphatic carbocycles. The summed E-state index contributed by atoms with van der Waals surface area (Å²) in [5.41, 5.74) is 0.164. The Morgan fingerprint density at radius 1 is 1.38 bits per heavy atom. The Balaban J connectivity index is 2.38. The Kier molecular flexibility index (Phi) is 6.23. The largest absolute Gasteiger partial charge is 0.417 e. The minimum absolute atomic E-state index is 0.246. The standard InChI is InChI=1S/C17H17F3N2S2/c1-4-6-7-8-14(23-5-2)11(3)15-22-13-9-12(17(18,19)20)10-21-16(13)24-15/h6-10H,3-5H2,1-2H3/b7-6-,14-8+. The van der Waals surface area contributed by atoms with E-state index in [9.17, 15) is 13.2 Å². The molecule has 0 amide bonds. The number of thioether (sulfide) groups is 1. The van der Waals surface area contributed by atoms with Crippen molar-refractivity contribution in [3.05, 3.63) is 52.5 Å². The van der Waals surface area contributed by atoms with Crippen LogP contribution in [0.3, 0.4) is 0 Å². The zero-order chi connectivity index (χ0) is 17.7.